The fraction of sp³-hybridized carbons (Fsp3) is 0.304. The van der Waals surface area contributed by atoms with E-state index in [-0.39, 0.29) is 23.4 Å². The molecule has 2 amide bonds. The first kappa shape index (κ1) is 20.6. The number of hydrogen-bond donors (Lipinski definition) is 2. The molecule has 152 valence electrons. The number of benzene rings is 2. The van der Waals surface area contributed by atoms with Crippen LogP contribution in [0.5, 0.6) is 5.75 Å². The van der Waals surface area contributed by atoms with E-state index in [1.807, 2.05) is 18.2 Å². The highest BCUT2D eigenvalue weighted by atomic mass is 19.1. The summed E-state index contributed by atoms with van der Waals surface area (Å²) in [7, 11) is 1.58. The molecule has 2 aromatic carbocycles. The number of amides is 2. The molecule has 2 aromatic rings. The second-order valence-corrected chi connectivity index (χ2v) is 7.12. The van der Waals surface area contributed by atoms with Crippen LogP contribution in [0.1, 0.15) is 37.7 Å². The van der Waals surface area contributed by atoms with Gasteiger partial charge in [0.25, 0.3) is 0 Å². The number of halogens is 1. The molecular weight excluding hydrogens is 371 g/mol. The van der Waals surface area contributed by atoms with Crippen molar-refractivity contribution in [1.29, 1.82) is 0 Å². The predicted molar refractivity (Wildman–Crippen MR) is 112 cm³/mol. The highest BCUT2D eigenvalue weighted by molar-refractivity contribution is 6.02. The fourth-order valence-corrected chi connectivity index (χ4v) is 3.40. The average molecular weight is 396 g/mol. The van der Waals surface area contributed by atoms with E-state index in [1.165, 1.54) is 24.3 Å². The number of nitrogens with one attached hydrogen (secondary N) is 2. The lowest BCUT2D eigenvalue weighted by Crippen LogP contribution is -2.25. The normalized spacial score (nSPS) is 14.6. The number of carbonyl (C=O) groups excluding carboxylic acids is 2. The van der Waals surface area contributed by atoms with Gasteiger partial charge >= 0.3 is 0 Å². The van der Waals surface area contributed by atoms with E-state index in [0.717, 1.165) is 37.7 Å². The monoisotopic (exact) mass is 396 g/mol. The Morgan fingerprint density at radius 3 is 2.62 bits per heavy atom. The van der Waals surface area contributed by atoms with Crippen LogP contribution < -0.4 is 15.4 Å². The lowest BCUT2D eigenvalue weighted by Gasteiger charge is -2.21. The van der Waals surface area contributed by atoms with E-state index in [4.69, 9.17) is 4.74 Å². The Bertz CT molecular complexity index is 905. The van der Waals surface area contributed by atoms with Crippen LogP contribution in [0.15, 0.2) is 48.5 Å². The van der Waals surface area contributed by atoms with Crippen LogP contribution in [0.3, 0.4) is 0 Å². The Balaban J connectivity index is 1.63. The number of hydrogen-bond acceptors (Lipinski definition) is 3. The van der Waals surface area contributed by atoms with Crippen LogP contribution >= 0.6 is 0 Å². The molecule has 0 aromatic heterocycles. The summed E-state index contributed by atoms with van der Waals surface area (Å²) in [6, 6.07) is 11.4. The SMILES string of the molecule is COc1cccc(/C=C/C(=O)Nc2ccc(F)c(NC(=O)C3CCCCC3)c2)c1. The number of ether oxygens (including phenoxy) is 1. The van der Waals surface area contributed by atoms with E-state index >= 15 is 0 Å². The van der Waals surface area contributed by atoms with E-state index in [9.17, 15) is 14.0 Å². The third-order valence-corrected chi connectivity index (χ3v) is 4.99. The molecule has 1 saturated carbocycles. The van der Waals surface area contributed by atoms with E-state index in [2.05, 4.69) is 10.6 Å². The number of methoxy groups -OCH3 is 1. The Labute approximate surface area is 170 Å². The lowest BCUT2D eigenvalue weighted by molar-refractivity contribution is -0.120. The largest absolute Gasteiger partial charge is 0.497 e. The molecule has 2 N–H and O–H groups in total. The van der Waals surface area contributed by atoms with E-state index in [0.29, 0.717) is 11.4 Å². The first-order valence-corrected chi connectivity index (χ1v) is 9.78. The third-order valence-electron chi connectivity index (χ3n) is 4.99. The van der Waals surface area contributed by atoms with Crippen molar-refractivity contribution in [3.05, 3.63) is 59.9 Å². The van der Waals surface area contributed by atoms with Gasteiger partial charge in [0, 0.05) is 17.7 Å². The van der Waals surface area contributed by atoms with Crippen LogP contribution in [0.25, 0.3) is 6.08 Å². The summed E-state index contributed by atoms with van der Waals surface area (Å²) in [4.78, 5) is 24.6. The lowest BCUT2D eigenvalue weighted by atomic mass is 9.88. The highest BCUT2D eigenvalue weighted by Crippen LogP contribution is 2.26. The molecular formula is C23H25FN2O3. The van der Waals surface area contributed by atoms with E-state index in [1.54, 1.807) is 19.3 Å². The smallest absolute Gasteiger partial charge is 0.248 e. The van der Waals surface area contributed by atoms with Gasteiger partial charge in [0.1, 0.15) is 11.6 Å². The van der Waals surface area contributed by atoms with Crippen molar-refractivity contribution >= 4 is 29.3 Å². The maximum Gasteiger partial charge on any atom is 0.248 e. The van der Waals surface area contributed by atoms with Crippen molar-refractivity contribution < 1.29 is 18.7 Å². The first-order chi connectivity index (χ1) is 14.0. The molecule has 0 unspecified atom stereocenters. The van der Waals surface area contributed by atoms with Crippen molar-refractivity contribution in [2.24, 2.45) is 5.92 Å². The van der Waals surface area contributed by atoms with Gasteiger partial charge in [-0.25, -0.2) is 4.39 Å². The second kappa shape index (κ2) is 9.87. The zero-order valence-corrected chi connectivity index (χ0v) is 16.4. The molecule has 0 aliphatic heterocycles. The molecule has 1 fully saturated rings. The van der Waals surface area contributed by atoms with Crippen molar-refractivity contribution in [1.82, 2.24) is 0 Å². The Hall–Kier alpha value is -3.15. The van der Waals surface area contributed by atoms with Gasteiger partial charge in [-0.15, -0.1) is 0 Å². The molecule has 29 heavy (non-hydrogen) atoms. The van der Waals surface area contributed by atoms with Gasteiger partial charge < -0.3 is 15.4 Å². The number of anilines is 2. The maximum atomic E-state index is 14.1. The minimum Gasteiger partial charge on any atom is -0.497 e. The minimum absolute atomic E-state index is 0.0767. The van der Waals surface area contributed by atoms with E-state index < -0.39 is 5.82 Å². The van der Waals surface area contributed by atoms with Crippen LogP contribution in [0, 0.1) is 11.7 Å². The van der Waals surface area contributed by atoms with Crippen LogP contribution in [0.4, 0.5) is 15.8 Å². The minimum atomic E-state index is -0.529. The van der Waals surface area contributed by atoms with Crippen LogP contribution in [0.2, 0.25) is 0 Å². The quantitative estimate of drug-likeness (QED) is 0.675. The topological polar surface area (TPSA) is 67.4 Å². The van der Waals surface area contributed by atoms with Gasteiger partial charge in [0.15, 0.2) is 0 Å². The Kier molecular flexibility index (Phi) is 7.00. The van der Waals surface area contributed by atoms with Gasteiger partial charge in [0.05, 0.1) is 12.8 Å². The highest BCUT2D eigenvalue weighted by Gasteiger charge is 2.22. The van der Waals surface area contributed by atoms with Crippen LogP contribution in [-0.4, -0.2) is 18.9 Å². The zero-order valence-electron chi connectivity index (χ0n) is 16.4. The van der Waals surface area contributed by atoms with Gasteiger partial charge in [-0.1, -0.05) is 31.4 Å². The standard InChI is InChI=1S/C23H25FN2O3/c1-29-19-9-5-6-16(14-19)10-13-22(27)25-18-11-12-20(24)21(15-18)26-23(28)17-7-3-2-4-8-17/h5-6,9-15,17H,2-4,7-8H2,1H3,(H,25,27)(H,26,28)/b13-10+. The van der Waals surface area contributed by atoms with Gasteiger partial charge in [-0.3, -0.25) is 9.59 Å². The van der Waals surface area contributed by atoms with Gasteiger partial charge in [-0.2, -0.15) is 0 Å². The van der Waals surface area contributed by atoms with Crippen molar-refractivity contribution in [2.75, 3.05) is 17.7 Å². The molecule has 0 atom stereocenters. The van der Waals surface area contributed by atoms with Gasteiger partial charge in [0.2, 0.25) is 11.8 Å². The van der Waals surface area contributed by atoms with Gasteiger partial charge in [-0.05, 0) is 54.8 Å². The summed E-state index contributed by atoms with van der Waals surface area (Å²) in [6.45, 7) is 0. The molecule has 5 nitrogen and oxygen atoms in total. The van der Waals surface area contributed by atoms with Crippen molar-refractivity contribution in [2.45, 2.75) is 32.1 Å². The fourth-order valence-electron chi connectivity index (χ4n) is 3.40. The molecule has 1 aliphatic rings. The van der Waals surface area contributed by atoms with Crippen molar-refractivity contribution in [3.63, 3.8) is 0 Å². The van der Waals surface area contributed by atoms with Crippen molar-refractivity contribution in [3.8, 4) is 5.75 Å². The Morgan fingerprint density at radius 2 is 1.86 bits per heavy atom. The second-order valence-electron chi connectivity index (χ2n) is 7.12. The summed E-state index contributed by atoms with van der Waals surface area (Å²) in [5, 5.41) is 5.35. The Morgan fingerprint density at radius 1 is 1.07 bits per heavy atom. The predicted octanol–water partition coefficient (Wildman–Crippen LogP) is 5.01. The average Bonchev–Trinajstić information content (AvgIpc) is 2.75. The summed E-state index contributed by atoms with van der Waals surface area (Å²) in [5.41, 5.74) is 1.31. The molecule has 0 bridgehead atoms. The third kappa shape index (κ3) is 5.91. The first-order valence-electron chi connectivity index (χ1n) is 9.78. The maximum absolute atomic E-state index is 14.1. The summed E-state index contributed by atoms with van der Waals surface area (Å²) >= 11 is 0. The molecule has 1 aliphatic carbocycles. The number of carbonyl (C=O) groups is 2. The summed E-state index contributed by atoms with van der Waals surface area (Å²) in [5.74, 6) is -0.426. The van der Waals surface area contributed by atoms with Crippen LogP contribution in [-0.2, 0) is 9.59 Å². The molecule has 0 saturated heterocycles. The summed E-state index contributed by atoms with van der Waals surface area (Å²) in [6.07, 6.45) is 7.90. The zero-order chi connectivity index (χ0) is 20.6. The molecule has 0 radical (unpaired) electrons. The number of rotatable bonds is 6. The molecule has 0 heterocycles. The molecule has 0 spiro atoms. The molecule has 3 rings (SSSR count). The summed E-state index contributed by atoms with van der Waals surface area (Å²) < 4.78 is 19.3. The molecule has 6 heteroatoms.